The number of amides is 3. The van der Waals surface area contributed by atoms with E-state index in [0.29, 0.717) is 39.5 Å². The number of hydrogen-bond acceptors (Lipinski definition) is 4. The van der Waals surface area contributed by atoms with E-state index in [9.17, 15) is 14.4 Å². The van der Waals surface area contributed by atoms with E-state index >= 15 is 0 Å². The van der Waals surface area contributed by atoms with E-state index in [2.05, 4.69) is 10.6 Å². The number of aryl methyl sites for hydroxylation is 1. The molecule has 37 heavy (non-hydrogen) atoms. The Labute approximate surface area is 219 Å². The van der Waals surface area contributed by atoms with Crippen LogP contribution in [0.2, 0.25) is 5.02 Å². The van der Waals surface area contributed by atoms with E-state index in [1.165, 1.54) is 0 Å². The van der Waals surface area contributed by atoms with Crippen molar-refractivity contribution in [1.82, 2.24) is 10.8 Å². The molecule has 4 rings (SSSR count). The lowest BCUT2D eigenvalue weighted by molar-refractivity contribution is 0.0706. The molecule has 0 heterocycles. The van der Waals surface area contributed by atoms with E-state index in [0.717, 1.165) is 11.1 Å². The topological polar surface area (TPSA) is 108 Å². The fourth-order valence-corrected chi connectivity index (χ4v) is 3.80. The van der Waals surface area contributed by atoms with Gasteiger partial charge in [-0.05, 0) is 78.2 Å². The molecular weight excluding hydrogens is 490 g/mol. The molecular formula is C29H24ClN3O4. The van der Waals surface area contributed by atoms with Gasteiger partial charge in [-0.1, -0.05) is 53.6 Å². The van der Waals surface area contributed by atoms with Crippen molar-refractivity contribution in [2.45, 2.75) is 13.5 Å². The van der Waals surface area contributed by atoms with Gasteiger partial charge >= 0.3 is 0 Å². The average Bonchev–Trinajstić information content (AvgIpc) is 2.92. The van der Waals surface area contributed by atoms with Gasteiger partial charge in [0.05, 0.1) is 0 Å². The second kappa shape index (κ2) is 11.5. The largest absolute Gasteiger partial charge is 0.348 e. The van der Waals surface area contributed by atoms with Crippen LogP contribution in [0.5, 0.6) is 0 Å². The summed E-state index contributed by atoms with van der Waals surface area (Å²) in [5, 5.41) is 15.2. The highest BCUT2D eigenvalue weighted by atomic mass is 35.5. The summed E-state index contributed by atoms with van der Waals surface area (Å²) < 4.78 is 0. The van der Waals surface area contributed by atoms with Gasteiger partial charge in [0.2, 0.25) is 0 Å². The van der Waals surface area contributed by atoms with Crippen LogP contribution in [0.4, 0.5) is 5.69 Å². The van der Waals surface area contributed by atoms with Crippen molar-refractivity contribution in [2.75, 3.05) is 5.32 Å². The Morgan fingerprint density at radius 2 is 1.32 bits per heavy atom. The fourth-order valence-electron chi connectivity index (χ4n) is 3.67. The molecule has 4 aromatic carbocycles. The van der Waals surface area contributed by atoms with Crippen molar-refractivity contribution in [3.05, 3.63) is 124 Å². The van der Waals surface area contributed by atoms with Gasteiger partial charge in [0, 0.05) is 33.9 Å². The molecule has 4 aromatic rings. The van der Waals surface area contributed by atoms with Crippen LogP contribution in [0.3, 0.4) is 0 Å². The van der Waals surface area contributed by atoms with Crippen LogP contribution in [-0.4, -0.2) is 22.9 Å². The lowest BCUT2D eigenvalue weighted by Gasteiger charge is -2.13. The lowest BCUT2D eigenvalue weighted by atomic mass is 10.00. The number of halogens is 1. The molecule has 0 bridgehead atoms. The van der Waals surface area contributed by atoms with Gasteiger partial charge in [0.1, 0.15) is 0 Å². The third kappa shape index (κ3) is 6.61. The number of benzene rings is 4. The Hall–Kier alpha value is -4.46. The number of anilines is 1. The van der Waals surface area contributed by atoms with Gasteiger partial charge < -0.3 is 10.6 Å². The van der Waals surface area contributed by atoms with Crippen LogP contribution >= 0.6 is 11.6 Å². The minimum atomic E-state index is -0.632. The predicted octanol–water partition coefficient (Wildman–Crippen LogP) is 5.62. The van der Waals surface area contributed by atoms with Crippen molar-refractivity contribution in [1.29, 1.82) is 0 Å². The molecule has 0 aromatic heterocycles. The molecule has 0 radical (unpaired) electrons. The smallest absolute Gasteiger partial charge is 0.274 e. The maximum atomic E-state index is 13.1. The summed E-state index contributed by atoms with van der Waals surface area (Å²) in [6.45, 7) is 2.24. The monoisotopic (exact) mass is 513 g/mol. The van der Waals surface area contributed by atoms with Crippen LogP contribution in [0, 0.1) is 6.92 Å². The van der Waals surface area contributed by atoms with E-state index in [1.54, 1.807) is 72.2 Å². The van der Waals surface area contributed by atoms with Crippen LogP contribution in [0.15, 0.2) is 91.0 Å². The molecule has 0 aliphatic heterocycles. The number of nitrogens with one attached hydrogen (secondary N) is 3. The zero-order valence-electron chi connectivity index (χ0n) is 19.9. The molecule has 0 spiro atoms. The summed E-state index contributed by atoms with van der Waals surface area (Å²) in [5.74, 6) is -1.26. The van der Waals surface area contributed by atoms with Gasteiger partial charge in [0.15, 0.2) is 0 Å². The normalized spacial score (nSPS) is 10.5. The van der Waals surface area contributed by atoms with Crippen molar-refractivity contribution < 1.29 is 19.6 Å². The van der Waals surface area contributed by atoms with Gasteiger partial charge in [-0.25, -0.2) is 5.48 Å². The molecule has 8 heteroatoms. The first-order chi connectivity index (χ1) is 17.8. The fraction of sp³-hybridized carbons (Fsp3) is 0.0690. The van der Waals surface area contributed by atoms with Gasteiger partial charge in [0.25, 0.3) is 17.7 Å². The van der Waals surface area contributed by atoms with Gasteiger partial charge in [-0.3, -0.25) is 19.6 Å². The first-order valence-corrected chi connectivity index (χ1v) is 11.8. The summed E-state index contributed by atoms with van der Waals surface area (Å²) in [6, 6.07) is 25.9. The maximum Gasteiger partial charge on any atom is 0.274 e. The van der Waals surface area contributed by atoms with Crippen molar-refractivity contribution in [3.63, 3.8) is 0 Å². The Balaban J connectivity index is 1.63. The minimum absolute atomic E-state index is 0.274. The number of rotatable bonds is 7. The van der Waals surface area contributed by atoms with E-state index in [-0.39, 0.29) is 17.4 Å². The van der Waals surface area contributed by atoms with E-state index < -0.39 is 5.91 Å². The second-order valence-corrected chi connectivity index (χ2v) is 8.88. The zero-order valence-corrected chi connectivity index (χ0v) is 20.7. The van der Waals surface area contributed by atoms with E-state index in [1.807, 2.05) is 31.2 Å². The molecule has 0 saturated carbocycles. The maximum absolute atomic E-state index is 13.1. The second-order valence-electron chi connectivity index (χ2n) is 8.45. The Morgan fingerprint density at radius 3 is 1.97 bits per heavy atom. The van der Waals surface area contributed by atoms with Crippen molar-refractivity contribution in [2.24, 2.45) is 0 Å². The Bertz CT molecular complexity index is 1430. The molecule has 0 saturated heterocycles. The van der Waals surface area contributed by atoms with Crippen molar-refractivity contribution in [3.8, 4) is 11.1 Å². The van der Waals surface area contributed by atoms with E-state index in [4.69, 9.17) is 16.8 Å². The van der Waals surface area contributed by atoms with Crippen LogP contribution in [0.25, 0.3) is 11.1 Å². The highest BCUT2D eigenvalue weighted by molar-refractivity contribution is 6.30. The zero-order chi connectivity index (χ0) is 26.4. The number of carbonyl (C=O) groups is 3. The first kappa shape index (κ1) is 25.6. The van der Waals surface area contributed by atoms with Gasteiger partial charge in [-0.2, -0.15) is 0 Å². The molecule has 0 unspecified atom stereocenters. The Kier molecular flexibility index (Phi) is 7.98. The molecule has 0 aliphatic carbocycles. The predicted molar refractivity (Wildman–Crippen MR) is 143 cm³/mol. The summed E-state index contributed by atoms with van der Waals surface area (Å²) in [4.78, 5) is 37.6. The standard InChI is InChI=1S/C29H24ClN3O4/c1-18-2-6-21(7-3-18)28(35)32-26-15-23(20-8-10-22(11-9-20)29(36)33-37)14-24(16-26)27(34)31-17-19-4-12-25(30)13-5-19/h2-16,37H,17H2,1H3,(H,31,34)(H,32,35)(H,33,36). The highest BCUT2D eigenvalue weighted by Crippen LogP contribution is 2.26. The van der Waals surface area contributed by atoms with Crippen LogP contribution < -0.4 is 16.1 Å². The minimum Gasteiger partial charge on any atom is -0.348 e. The van der Waals surface area contributed by atoms with Crippen LogP contribution in [-0.2, 0) is 6.54 Å². The number of carbonyl (C=O) groups excluding carboxylic acids is 3. The molecule has 0 atom stereocenters. The highest BCUT2D eigenvalue weighted by Gasteiger charge is 2.14. The third-order valence-corrected chi connectivity index (χ3v) is 5.97. The van der Waals surface area contributed by atoms with Crippen LogP contribution in [0.1, 0.15) is 42.2 Å². The molecule has 0 fully saturated rings. The summed E-state index contributed by atoms with van der Waals surface area (Å²) in [7, 11) is 0. The summed E-state index contributed by atoms with van der Waals surface area (Å²) in [5.41, 5.74) is 6.46. The third-order valence-electron chi connectivity index (χ3n) is 5.72. The van der Waals surface area contributed by atoms with Gasteiger partial charge in [-0.15, -0.1) is 0 Å². The molecule has 7 nitrogen and oxygen atoms in total. The molecule has 4 N–H and O–H groups in total. The summed E-state index contributed by atoms with van der Waals surface area (Å²) in [6.07, 6.45) is 0. The number of hydroxylamine groups is 1. The SMILES string of the molecule is Cc1ccc(C(=O)Nc2cc(C(=O)NCc3ccc(Cl)cc3)cc(-c3ccc(C(=O)NO)cc3)c2)cc1. The quantitative estimate of drug-likeness (QED) is 0.190. The lowest BCUT2D eigenvalue weighted by Crippen LogP contribution is -2.23. The molecule has 0 aliphatic rings. The average molecular weight is 514 g/mol. The van der Waals surface area contributed by atoms with Crippen molar-refractivity contribution >= 4 is 35.0 Å². The molecule has 186 valence electrons. The first-order valence-electron chi connectivity index (χ1n) is 11.4. The Morgan fingerprint density at radius 1 is 0.703 bits per heavy atom. The molecule has 3 amide bonds. The summed E-state index contributed by atoms with van der Waals surface area (Å²) >= 11 is 5.94. The number of hydrogen-bond donors (Lipinski definition) is 4.